The number of rotatable bonds is 5. The first kappa shape index (κ1) is 23.5. The lowest BCUT2D eigenvalue weighted by atomic mass is 9.93. The molecule has 3 heterocycles. The van der Waals surface area contributed by atoms with Crippen LogP contribution in [0.15, 0.2) is 59.5 Å². The molecule has 0 bridgehead atoms. The second kappa shape index (κ2) is 9.82. The van der Waals surface area contributed by atoms with Gasteiger partial charge < -0.3 is 9.88 Å². The van der Waals surface area contributed by atoms with Crippen LogP contribution in [0.3, 0.4) is 0 Å². The van der Waals surface area contributed by atoms with Crippen LogP contribution in [0.1, 0.15) is 30.0 Å². The summed E-state index contributed by atoms with van der Waals surface area (Å²) < 4.78 is 27.4. The van der Waals surface area contributed by atoms with Gasteiger partial charge in [-0.1, -0.05) is 30.3 Å². The highest BCUT2D eigenvalue weighted by Crippen LogP contribution is 2.30. The quantitative estimate of drug-likeness (QED) is 0.592. The van der Waals surface area contributed by atoms with Gasteiger partial charge in [0, 0.05) is 43.3 Å². The van der Waals surface area contributed by atoms with Crippen molar-refractivity contribution in [3.63, 3.8) is 0 Å². The summed E-state index contributed by atoms with van der Waals surface area (Å²) in [6.45, 7) is 3.28. The summed E-state index contributed by atoms with van der Waals surface area (Å²) in [7, 11) is -3.76. The molecule has 2 aromatic carbocycles. The van der Waals surface area contributed by atoms with Crippen LogP contribution in [0.4, 0.5) is 0 Å². The minimum atomic E-state index is -3.76. The normalized spacial score (nSPS) is 18.5. The topological polar surface area (TPSA) is 101 Å². The molecule has 35 heavy (non-hydrogen) atoms. The number of benzene rings is 2. The van der Waals surface area contributed by atoms with E-state index in [1.807, 2.05) is 12.1 Å². The standard InChI is InChI=1S/C26H29N5O3S/c27-18-22-6-2-4-8-25(22)35(33,34)31-15-13-30(14-16-31)26(32)19-29-11-9-20(10-12-29)24-17-21-5-1-3-7-23(21)28-24/h1-8,17,20,28H,9-16,19H2. The molecular formula is C26H29N5O3S. The first-order chi connectivity index (χ1) is 17.0. The largest absolute Gasteiger partial charge is 0.358 e. The van der Waals surface area contributed by atoms with Crippen molar-refractivity contribution in [1.29, 1.82) is 5.26 Å². The molecule has 1 N–H and O–H groups in total. The lowest BCUT2D eigenvalue weighted by Gasteiger charge is -2.36. The smallest absolute Gasteiger partial charge is 0.244 e. The number of nitrogens with one attached hydrogen (secondary N) is 1. The highest BCUT2D eigenvalue weighted by molar-refractivity contribution is 7.89. The molecule has 2 aliphatic rings. The Morgan fingerprint density at radius 2 is 1.66 bits per heavy atom. The van der Waals surface area contributed by atoms with Crippen LogP contribution in [0.2, 0.25) is 0 Å². The van der Waals surface area contributed by atoms with Gasteiger partial charge in [-0.2, -0.15) is 9.57 Å². The Morgan fingerprint density at radius 1 is 0.971 bits per heavy atom. The molecule has 0 saturated carbocycles. The fourth-order valence-electron chi connectivity index (χ4n) is 5.11. The molecule has 0 aliphatic carbocycles. The molecule has 0 radical (unpaired) electrons. The van der Waals surface area contributed by atoms with Crippen molar-refractivity contribution < 1.29 is 13.2 Å². The summed E-state index contributed by atoms with van der Waals surface area (Å²) in [6, 6.07) is 18.7. The zero-order valence-electron chi connectivity index (χ0n) is 19.6. The van der Waals surface area contributed by atoms with E-state index < -0.39 is 10.0 Å². The molecule has 5 rings (SSSR count). The molecule has 3 aromatic rings. The SMILES string of the molecule is N#Cc1ccccc1S(=O)(=O)N1CCN(C(=O)CN2CCC(c3cc4ccccc4[nH]3)CC2)CC1. The number of hydrogen-bond donors (Lipinski definition) is 1. The van der Waals surface area contributed by atoms with E-state index in [0.29, 0.717) is 25.6 Å². The third-order valence-electron chi connectivity index (χ3n) is 7.15. The van der Waals surface area contributed by atoms with Gasteiger partial charge in [-0.3, -0.25) is 9.69 Å². The number of fused-ring (bicyclic) bond motifs is 1. The Hall–Kier alpha value is -3.19. The highest BCUT2D eigenvalue weighted by Gasteiger charge is 2.32. The lowest BCUT2D eigenvalue weighted by molar-refractivity contribution is -0.133. The Balaban J connectivity index is 1.13. The van der Waals surface area contributed by atoms with E-state index in [9.17, 15) is 18.5 Å². The number of piperazine rings is 1. The maximum Gasteiger partial charge on any atom is 0.244 e. The number of aromatic nitrogens is 1. The van der Waals surface area contributed by atoms with Crippen molar-refractivity contribution in [2.75, 3.05) is 45.8 Å². The number of para-hydroxylation sites is 1. The molecule has 182 valence electrons. The monoisotopic (exact) mass is 491 g/mol. The summed E-state index contributed by atoms with van der Waals surface area (Å²) in [5.41, 5.74) is 2.58. The van der Waals surface area contributed by atoms with Gasteiger partial charge in [-0.05, 0) is 55.6 Å². The Kier molecular flexibility index (Phi) is 6.60. The number of H-pyrrole nitrogens is 1. The van der Waals surface area contributed by atoms with Crippen LogP contribution in [0.25, 0.3) is 10.9 Å². The predicted molar refractivity (Wildman–Crippen MR) is 133 cm³/mol. The van der Waals surface area contributed by atoms with E-state index in [2.05, 4.69) is 34.1 Å². The van der Waals surface area contributed by atoms with E-state index in [0.717, 1.165) is 31.4 Å². The zero-order valence-corrected chi connectivity index (χ0v) is 20.4. The Labute approximate surface area is 205 Å². The van der Waals surface area contributed by atoms with E-state index >= 15 is 0 Å². The molecule has 2 fully saturated rings. The number of aromatic amines is 1. The molecule has 2 aliphatic heterocycles. The number of nitrogens with zero attached hydrogens (tertiary/aromatic N) is 4. The van der Waals surface area contributed by atoms with Crippen LogP contribution >= 0.6 is 0 Å². The van der Waals surface area contributed by atoms with Crippen molar-refractivity contribution in [2.45, 2.75) is 23.7 Å². The predicted octanol–water partition coefficient (Wildman–Crippen LogP) is 2.75. The van der Waals surface area contributed by atoms with Crippen LogP contribution in [-0.2, 0) is 14.8 Å². The van der Waals surface area contributed by atoms with Crippen LogP contribution in [-0.4, -0.2) is 79.2 Å². The van der Waals surface area contributed by atoms with E-state index in [1.54, 1.807) is 17.0 Å². The maximum atomic E-state index is 13.0. The van der Waals surface area contributed by atoms with Gasteiger partial charge in [-0.15, -0.1) is 0 Å². The zero-order chi connectivity index (χ0) is 24.4. The van der Waals surface area contributed by atoms with Gasteiger partial charge in [0.15, 0.2) is 0 Å². The molecule has 0 spiro atoms. The minimum absolute atomic E-state index is 0.0279. The fraction of sp³-hybridized carbons (Fsp3) is 0.385. The molecule has 1 amide bonds. The second-order valence-electron chi connectivity index (χ2n) is 9.26. The molecule has 0 atom stereocenters. The average Bonchev–Trinajstić information content (AvgIpc) is 3.33. The van der Waals surface area contributed by atoms with Gasteiger partial charge in [-0.25, -0.2) is 8.42 Å². The molecular weight excluding hydrogens is 462 g/mol. The van der Waals surface area contributed by atoms with Crippen molar-refractivity contribution in [3.8, 4) is 6.07 Å². The average molecular weight is 492 g/mol. The summed E-state index contributed by atoms with van der Waals surface area (Å²) in [5, 5.41) is 10.5. The summed E-state index contributed by atoms with van der Waals surface area (Å²) >= 11 is 0. The molecule has 0 unspecified atom stereocenters. The summed E-state index contributed by atoms with van der Waals surface area (Å²) in [6.07, 6.45) is 2.01. The molecule has 2 saturated heterocycles. The Morgan fingerprint density at radius 3 is 2.37 bits per heavy atom. The van der Waals surface area contributed by atoms with Crippen molar-refractivity contribution in [1.82, 2.24) is 19.1 Å². The number of sulfonamides is 1. The van der Waals surface area contributed by atoms with Crippen molar-refractivity contribution >= 4 is 26.8 Å². The van der Waals surface area contributed by atoms with Gasteiger partial charge in [0.1, 0.15) is 6.07 Å². The lowest BCUT2D eigenvalue weighted by Crippen LogP contribution is -2.53. The number of piperidine rings is 1. The van der Waals surface area contributed by atoms with Gasteiger partial charge in [0.05, 0.1) is 17.0 Å². The second-order valence-corrected chi connectivity index (χ2v) is 11.2. The van der Waals surface area contributed by atoms with Gasteiger partial charge >= 0.3 is 0 Å². The summed E-state index contributed by atoms with van der Waals surface area (Å²) in [4.78, 5) is 20.5. The highest BCUT2D eigenvalue weighted by atomic mass is 32.2. The number of hydrogen-bond acceptors (Lipinski definition) is 5. The first-order valence-corrected chi connectivity index (χ1v) is 13.5. The van der Waals surface area contributed by atoms with Crippen LogP contribution in [0.5, 0.6) is 0 Å². The summed E-state index contributed by atoms with van der Waals surface area (Å²) in [5.74, 6) is 0.516. The third kappa shape index (κ3) is 4.82. The molecule has 8 nitrogen and oxygen atoms in total. The van der Waals surface area contributed by atoms with Gasteiger partial charge in [0.25, 0.3) is 0 Å². The Bertz CT molecular complexity index is 1330. The fourth-order valence-corrected chi connectivity index (χ4v) is 6.67. The van der Waals surface area contributed by atoms with Crippen molar-refractivity contribution in [3.05, 3.63) is 65.9 Å². The van der Waals surface area contributed by atoms with Crippen LogP contribution in [0, 0.1) is 11.3 Å². The van der Waals surface area contributed by atoms with E-state index in [-0.39, 0.29) is 29.5 Å². The third-order valence-corrected chi connectivity index (χ3v) is 9.11. The number of likely N-dealkylation sites (tertiary alicyclic amines) is 1. The number of carbonyl (C=O) groups excluding carboxylic acids is 1. The van der Waals surface area contributed by atoms with Gasteiger partial charge in [0.2, 0.25) is 15.9 Å². The number of carbonyl (C=O) groups is 1. The first-order valence-electron chi connectivity index (χ1n) is 12.0. The van der Waals surface area contributed by atoms with Crippen molar-refractivity contribution in [2.24, 2.45) is 0 Å². The number of amides is 1. The van der Waals surface area contributed by atoms with E-state index in [4.69, 9.17) is 0 Å². The molecule has 1 aromatic heterocycles. The van der Waals surface area contributed by atoms with E-state index in [1.165, 1.54) is 27.5 Å². The number of nitriles is 1. The molecule has 9 heteroatoms. The minimum Gasteiger partial charge on any atom is -0.358 e. The van der Waals surface area contributed by atoms with Crippen LogP contribution < -0.4 is 0 Å². The maximum absolute atomic E-state index is 13.0.